The highest BCUT2D eigenvalue weighted by Gasteiger charge is 2.10. The summed E-state index contributed by atoms with van der Waals surface area (Å²) in [5.74, 6) is -0.204. The largest absolute Gasteiger partial charge is 0.354 e. The first-order valence-corrected chi connectivity index (χ1v) is 6.94. The van der Waals surface area contributed by atoms with Gasteiger partial charge in [-0.05, 0) is 45.0 Å². The van der Waals surface area contributed by atoms with Crippen LogP contribution in [0.4, 0.5) is 4.39 Å². The van der Waals surface area contributed by atoms with E-state index in [4.69, 9.17) is 0 Å². The summed E-state index contributed by atoms with van der Waals surface area (Å²) in [5.41, 5.74) is 5.93. The maximum atomic E-state index is 13.9. The zero-order valence-corrected chi connectivity index (χ0v) is 12.4. The van der Waals surface area contributed by atoms with Gasteiger partial charge in [0.15, 0.2) is 0 Å². The molecule has 2 nitrogen and oxygen atoms in total. The minimum Gasteiger partial charge on any atom is -0.354 e. The minimum atomic E-state index is -0.204. The number of aromatic nitrogens is 2. The van der Waals surface area contributed by atoms with Gasteiger partial charge in [0.1, 0.15) is 5.82 Å². The monoisotopic (exact) mass is 280 g/mol. The number of H-pyrrole nitrogens is 1. The molecule has 3 rings (SSSR count). The number of aryl methyl sites for hydroxylation is 1. The summed E-state index contributed by atoms with van der Waals surface area (Å²) in [7, 11) is 0. The molecule has 0 saturated heterocycles. The molecular weight excluding hydrogens is 263 g/mol. The first-order chi connectivity index (χ1) is 10.0. The van der Waals surface area contributed by atoms with Crippen molar-refractivity contribution in [3.05, 3.63) is 59.2 Å². The number of halogens is 1. The Morgan fingerprint density at radius 1 is 1.24 bits per heavy atom. The lowest BCUT2D eigenvalue weighted by Crippen LogP contribution is -1.89. The first-order valence-electron chi connectivity index (χ1n) is 6.94. The quantitative estimate of drug-likeness (QED) is 0.695. The molecular formula is C18H17FN2. The highest BCUT2D eigenvalue weighted by atomic mass is 19.1. The van der Waals surface area contributed by atoms with E-state index in [9.17, 15) is 4.39 Å². The average molecular weight is 280 g/mol. The number of aromatic amines is 1. The third kappa shape index (κ3) is 2.59. The number of nitrogens with one attached hydrogen (secondary N) is 1. The number of fused-ring (bicyclic) bond motifs is 1. The number of rotatable bonds is 2. The van der Waals surface area contributed by atoms with Crippen LogP contribution in [0.15, 0.2) is 42.1 Å². The summed E-state index contributed by atoms with van der Waals surface area (Å²) in [4.78, 5) is 7.65. The predicted octanol–water partition coefficient (Wildman–Crippen LogP) is 5.10. The van der Waals surface area contributed by atoms with Crippen LogP contribution in [0.25, 0.3) is 28.2 Å². The smallest absolute Gasteiger partial charge is 0.132 e. The summed E-state index contributed by atoms with van der Waals surface area (Å²) in [6, 6.07) is 8.97. The molecule has 0 saturated carbocycles. The van der Waals surface area contributed by atoms with Gasteiger partial charge < -0.3 is 4.98 Å². The van der Waals surface area contributed by atoms with Crippen LogP contribution in [0.3, 0.4) is 0 Å². The van der Waals surface area contributed by atoms with Gasteiger partial charge in [-0.3, -0.25) is 4.98 Å². The molecule has 0 atom stereocenters. The lowest BCUT2D eigenvalue weighted by molar-refractivity contribution is 0.640. The van der Waals surface area contributed by atoms with E-state index in [1.165, 1.54) is 11.6 Å². The zero-order valence-electron chi connectivity index (χ0n) is 12.4. The summed E-state index contributed by atoms with van der Waals surface area (Å²) < 4.78 is 13.9. The third-order valence-electron chi connectivity index (χ3n) is 3.42. The van der Waals surface area contributed by atoms with Crippen molar-refractivity contribution in [3.63, 3.8) is 0 Å². The lowest BCUT2D eigenvalue weighted by Gasteiger charge is -2.06. The van der Waals surface area contributed by atoms with Crippen LogP contribution in [-0.2, 0) is 0 Å². The second-order valence-corrected chi connectivity index (χ2v) is 5.52. The molecule has 106 valence electrons. The summed E-state index contributed by atoms with van der Waals surface area (Å²) >= 11 is 0. The third-order valence-corrected chi connectivity index (χ3v) is 3.42. The Bertz CT molecular complexity index is 840. The minimum absolute atomic E-state index is 0.204. The highest BCUT2D eigenvalue weighted by Crippen LogP contribution is 2.29. The Hall–Kier alpha value is -2.42. The van der Waals surface area contributed by atoms with Crippen LogP contribution in [0, 0.1) is 12.7 Å². The van der Waals surface area contributed by atoms with Gasteiger partial charge in [0.2, 0.25) is 0 Å². The second-order valence-electron chi connectivity index (χ2n) is 5.52. The van der Waals surface area contributed by atoms with E-state index in [2.05, 4.69) is 29.9 Å². The number of hydrogen-bond donors (Lipinski definition) is 1. The van der Waals surface area contributed by atoms with Crippen LogP contribution >= 0.6 is 0 Å². The van der Waals surface area contributed by atoms with Gasteiger partial charge in [0.05, 0.1) is 0 Å². The second kappa shape index (κ2) is 5.17. The Labute approximate surface area is 123 Å². The Kier molecular flexibility index (Phi) is 3.34. The Balaban J connectivity index is 2.24. The van der Waals surface area contributed by atoms with Gasteiger partial charge in [-0.15, -0.1) is 0 Å². The van der Waals surface area contributed by atoms with Crippen molar-refractivity contribution in [1.29, 1.82) is 0 Å². The van der Waals surface area contributed by atoms with Crippen LogP contribution in [0.2, 0.25) is 0 Å². The van der Waals surface area contributed by atoms with E-state index >= 15 is 0 Å². The van der Waals surface area contributed by atoms with Crippen molar-refractivity contribution in [2.75, 3.05) is 0 Å². The first kappa shape index (κ1) is 13.6. The van der Waals surface area contributed by atoms with Crippen molar-refractivity contribution < 1.29 is 4.39 Å². The van der Waals surface area contributed by atoms with Gasteiger partial charge >= 0.3 is 0 Å². The number of nitrogens with zero attached hydrogens (tertiary/aromatic N) is 1. The summed E-state index contributed by atoms with van der Waals surface area (Å²) in [5, 5.41) is 0.616. The number of hydrogen-bond acceptors (Lipinski definition) is 1. The fourth-order valence-electron chi connectivity index (χ4n) is 2.49. The average Bonchev–Trinajstić information content (AvgIpc) is 2.85. The SMILES string of the molecule is CC(C)=Cc1cnc(C)cc1-c1cc2c(F)cccc2[nH]1. The van der Waals surface area contributed by atoms with E-state index in [1.54, 1.807) is 6.07 Å². The highest BCUT2D eigenvalue weighted by molar-refractivity contribution is 5.88. The predicted molar refractivity (Wildman–Crippen MR) is 85.5 cm³/mol. The molecule has 0 fully saturated rings. The molecule has 0 aliphatic heterocycles. The molecule has 3 heteroatoms. The van der Waals surface area contributed by atoms with Gasteiger partial charge in [0, 0.05) is 39.6 Å². The zero-order chi connectivity index (χ0) is 15.0. The molecule has 2 heterocycles. The Morgan fingerprint density at radius 2 is 2.05 bits per heavy atom. The van der Waals surface area contributed by atoms with Gasteiger partial charge in [-0.1, -0.05) is 17.7 Å². The lowest BCUT2D eigenvalue weighted by atomic mass is 10.0. The number of benzene rings is 1. The maximum Gasteiger partial charge on any atom is 0.132 e. The molecule has 0 radical (unpaired) electrons. The summed E-state index contributed by atoms with van der Waals surface area (Å²) in [6.07, 6.45) is 3.95. The van der Waals surface area contributed by atoms with E-state index in [1.807, 2.05) is 31.3 Å². The maximum absolute atomic E-state index is 13.9. The molecule has 1 aromatic carbocycles. The molecule has 1 N–H and O–H groups in total. The molecule has 3 aromatic rings. The van der Waals surface area contributed by atoms with Crippen molar-refractivity contribution in [2.45, 2.75) is 20.8 Å². The van der Waals surface area contributed by atoms with Crippen LogP contribution in [-0.4, -0.2) is 9.97 Å². The molecule has 2 aromatic heterocycles. The van der Waals surface area contributed by atoms with Gasteiger partial charge in [-0.25, -0.2) is 4.39 Å². The van der Waals surface area contributed by atoms with Crippen molar-refractivity contribution in [2.24, 2.45) is 0 Å². The molecule has 21 heavy (non-hydrogen) atoms. The van der Waals surface area contributed by atoms with Gasteiger partial charge in [0.25, 0.3) is 0 Å². The molecule has 0 spiro atoms. The van der Waals surface area contributed by atoms with Crippen LogP contribution < -0.4 is 0 Å². The summed E-state index contributed by atoms with van der Waals surface area (Å²) in [6.45, 7) is 6.06. The number of allylic oxidation sites excluding steroid dienone is 1. The van der Waals surface area contributed by atoms with Crippen molar-refractivity contribution in [3.8, 4) is 11.3 Å². The number of pyridine rings is 1. The normalized spacial score (nSPS) is 10.9. The fourth-order valence-corrected chi connectivity index (χ4v) is 2.49. The molecule has 0 unspecified atom stereocenters. The van der Waals surface area contributed by atoms with E-state index in [0.29, 0.717) is 5.39 Å². The van der Waals surface area contributed by atoms with E-state index in [0.717, 1.165) is 28.0 Å². The van der Waals surface area contributed by atoms with Crippen molar-refractivity contribution >= 4 is 17.0 Å². The Morgan fingerprint density at radius 3 is 2.76 bits per heavy atom. The van der Waals surface area contributed by atoms with Crippen molar-refractivity contribution in [1.82, 2.24) is 9.97 Å². The molecule has 0 bridgehead atoms. The molecule has 0 aliphatic rings. The fraction of sp³-hybridized carbons (Fsp3) is 0.167. The van der Waals surface area contributed by atoms with E-state index < -0.39 is 0 Å². The van der Waals surface area contributed by atoms with Crippen LogP contribution in [0.1, 0.15) is 25.1 Å². The topological polar surface area (TPSA) is 28.7 Å². The standard InChI is InChI=1S/C18H17FN2/c1-11(2)7-13-10-20-12(3)8-14(13)18-9-15-16(19)5-4-6-17(15)21-18/h4-10,21H,1-3H3. The molecule has 0 amide bonds. The van der Waals surface area contributed by atoms with E-state index in [-0.39, 0.29) is 5.82 Å². The van der Waals surface area contributed by atoms with Gasteiger partial charge in [-0.2, -0.15) is 0 Å². The molecule has 0 aliphatic carbocycles. The van der Waals surface area contributed by atoms with Crippen LogP contribution in [0.5, 0.6) is 0 Å².